The Balaban J connectivity index is 0.000000136. The normalized spacial score (nSPS) is 13.4. The van der Waals surface area contributed by atoms with Gasteiger partial charge < -0.3 is 26.4 Å². The molecule has 6 N–H and O–H groups in total. The van der Waals surface area contributed by atoms with Crippen LogP contribution in [0.3, 0.4) is 0 Å². The molecule has 0 saturated heterocycles. The van der Waals surface area contributed by atoms with E-state index in [2.05, 4.69) is 81.6 Å². The highest BCUT2D eigenvalue weighted by Gasteiger charge is 2.22. The summed E-state index contributed by atoms with van der Waals surface area (Å²) in [6.07, 6.45) is 22.4. The number of urea groups is 1. The first kappa shape index (κ1) is 41.9. The molecule has 3 aliphatic heterocycles. The van der Waals surface area contributed by atoms with Crippen molar-refractivity contribution < 1.29 is 14.8 Å². The summed E-state index contributed by atoms with van der Waals surface area (Å²) in [7, 11) is -1.41. The van der Waals surface area contributed by atoms with E-state index in [4.69, 9.17) is 15.8 Å². The van der Waals surface area contributed by atoms with Gasteiger partial charge >= 0.3 is 13.1 Å². The van der Waals surface area contributed by atoms with Crippen LogP contribution in [0.4, 0.5) is 22.2 Å². The van der Waals surface area contributed by atoms with Crippen LogP contribution in [0.1, 0.15) is 52.6 Å². The van der Waals surface area contributed by atoms with Crippen molar-refractivity contribution in [1.29, 1.82) is 0 Å². The highest BCUT2D eigenvalue weighted by Crippen LogP contribution is 2.31. The molecule has 0 atom stereocenters. The minimum atomic E-state index is -1.41. The summed E-state index contributed by atoms with van der Waals surface area (Å²) in [5.41, 5.74) is 17.2. The first-order valence-corrected chi connectivity index (χ1v) is 20.1. The van der Waals surface area contributed by atoms with Crippen molar-refractivity contribution in [2.45, 2.75) is 59.3 Å². The number of nitrogens with zero attached hydrogens (tertiary/aromatic N) is 7. The predicted molar refractivity (Wildman–Crippen MR) is 234 cm³/mol. The molecule has 58 heavy (non-hydrogen) atoms. The van der Waals surface area contributed by atoms with Gasteiger partial charge in [-0.3, -0.25) is 19.9 Å². The van der Waals surface area contributed by atoms with Gasteiger partial charge in [-0.1, -0.05) is 0 Å². The second-order valence-electron chi connectivity index (χ2n) is 14.2. The number of aromatic nitrogens is 6. The van der Waals surface area contributed by atoms with Gasteiger partial charge in [0.15, 0.2) is 0 Å². The van der Waals surface area contributed by atoms with Gasteiger partial charge in [-0.2, -0.15) is 0 Å². The number of nitrogens with one attached hydrogen (secondary N) is 2. The number of carbonyl (C=O) groups excluding carboxylic acids is 1. The molecule has 6 aromatic rings. The molecule has 0 fully saturated rings. The van der Waals surface area contributed by atoms with Crippen molar-refractivity contribution in [3.8, 4) is 22.3 Å². The molecular formula is C43H48BBrN10O3. The summed E-state index contributed by atoms with van der Waals surface area (Å²) >= 11 is 3.40. The lowest BCUT2D eigenvalue weighted by atomic mass is 9.79. The molecule has 0 radical (unpaired) electrons. The van der Waals surface area contributed by atoms with Gasteiger partial charge in [0.1, 0.15) is 17.5 Å². The van der Waals surface area contributed by atoms with E-state index in [0.717, 1.165) is 88.3 Å². The van der Waals surface area contributed by atoms with Crippen molar-refractivity contribution in [3.63, 3.8) is 0 Å². The number of carbonyl (C=O) groups is 1. The fourth-order valence-corrected chi connectivity index (χ4v) is 7.29. The summed E-state index contributed by atoms with van der Waals surface area (Å²) in [6, 6.07) is 11.8. The van der Waals surface area contributed by atoms with Crippen molar-refractivity contribution >= 4 is 52.0 Å². The number of anilines is 3. The topological polar surface area (TPSA) is 188 Å². The summed E-state index contributed by atoms with van der Waals surface area (Å²) < 4.78 is 1.07. The number of nitrogens with two attached hydrogens (primary N) is 1. The molecule has 3 aliphatic rings. The van der Waals surface area contributed by atoms with Gasteiger partial charge in [-0.15, -0.1) is 0 Å². The third-order valence-corrected chi connectivity index (χ3v) is 10.5. The Hall–Kier alpha value is -5.77. The van der Waals surface area contributed by atoms with E-state index < -0.39 is 13.1 Å². The van der Waals surface area contributed by atoms with Crippen LogP contribution in [0, 0.1) is 20.8 Å². The lowest BCUT2D eigenvalue weighted by molar-refractivity contribution is 0.253. The number of hydrogen-bond donors (Lipinski definition) is 5. The van der Waals surface area contributed by atoms with Gasteiger partial charge in [0, 0.05) is 108 Å². The number of primary amides is 1. The Morgan fingerprint density at radius 2 is 1.21 bits per heavy atom. The lowest BCUT2D eigenvalue weighted by Crippen LogP contribution is -2.40. The number of halogens is 1. The molecule has 2 amide bonds. The standard InChI is InChI=1S/C15H16N4O.C14H15N3.C8H9BrN2.C6H8BNO2/c1-10-4-5-17-9-13(10)12-7-11-3-2-6-19(15(16)20)14(11)18-8-12;1-10-4-6-15-9-13(10)12-7-11-3-2-5-16-14(11)17-8-12;9-7-4-6-2-1-3-10-8(6)11-5-7;1-5-2-3-8-4-6(5)7(9)10/h4-5,7-9H,2-3,6H2,1H3,(H2,16,20);4,6-9H,2-3,5H2,1H3,(H,16,17);4-5H,1-3H2,(H,10,11);2-4,9-10H,1H3. The summed E-state index contributed by atoms with van der Waals surface area (Å²) in [5.74, 6) is 2.79. The molecule has 9 rings (SSSR count). The molecule has 0 unspecified atom stereocenters. The minimum absolute atomic E-state index is 0.441. The van der Waals surface area contributed by atoms with E-state index >= 15 is 0 Å². The van der Waals surface area contributed by atoms with Crippen molar-refractivity contribution in [3.05, 3.63) is 130 Å². The third kappa shape index (κ3) is 10.8. The third-order valence-electron chi connectivity index (χ3n) is 10.1. The van der Waals surface area contributed by atoms with Crippen LogP contribution < -0.4 is 26.7 Å². The summed E-state index contributed by atoms with van der Waals surface area (Å²) in [4.78, 5) is 38.3. The molecule has 298 valence electrons. The predicted octanol–water partition coefficient (Wildman–Crippen LogP) is 6.37. The van der Waals surface area contributed by atoms with Gasteiger partial charge in [0.2, 0.25) is 0 Å². The maximum atomic E-state index is 11.4. The quantitative estimate of drug-likeness (QED) is 0.125. The number of amides is 2. The highest BCUT2D eigenvalue weighted by molar-refractivity contribution is 9.10. The van der Waals surface area contributed by atoms with Crippen LogP contribution >= 0.6 is 15.9 Å². The average molecular weight is 844 g/mol. The number of pyridine rings is 6. The Morgan fingerprint density at radius 1 is 0.690 bits per heavy atom. The molecule has 0 aliphatic carbocycles. The molecule has 0 aromatic carbocycles. The molecule has 0 bridgehead atoms. The zero-order chi connectivity index (χ0) is 41.0. The van der Waals surface area contributed by atoms with Crippen LogP contribution in [0.25, 0.3) is 22.3 Å². The molecule has 0 saturated carbocycles. The van der Waals surface area contributed by atoms with Crippen molar-refractivity contribution in [2.24, 2.45) is 5.73 Å². The molecular weight excluding hydrogens is 795 g/mol. The van der Waals surface area contributed by atoms with Crippen LogP contribution in [0.5, 0.6) is 0 Å². The van der Waals surface area contributed by atoms with Crippen LogP contribution in [-0.2, 0) is 19.3 Å². The van der Waals surface area contributed by atoms with E-state index in [9.17, 15) is 4.79 Å². The van der Waals surface area contributed by atoms with Gasteiger partial charge in [0.05, 0.1) is 0 Å². The van der Waals surface area contributed by atoms with Crippen molar-refractivity contribution in [1.82, 2.24) is 29.9 Å². The molecule has 15 heteroatoms. The number of hydrogen-bond acceptors (Lipinski definition) is 11. The second-order valence-corrected chi connectivity index (χ2v) is 15.2. The SMILES string of the molecule is Brc1cnc2c(c1)CCCN2.Cc1ccncc1-c1cnc2c(c1)CCCN2.Cc1ccncc1-c1cnc2c(c1)CCCN2C(N)=O.Cc1ccncc1B(O)O. The summed E-state index contributed by atoms with van der Waals surface area (Å²) in [6.45, 7) is 8.69. The Kier molecular flexibility index (Phi) is 14.5. The van der Waals surface area contributed by atoms with Crippen LogP contribution in [0.2, 0.25) is 0 Å². The van der Waals surface area contributed by atoms with E-state index in [1.165, 1.54) is 41.3 Å². The first-order valence-electron chi connectivity index (χ1n) is 19.3. The highest BCUT2D eigenvalue weighted by atomic mass is 79.9. The average Bonchev–Trinajstić information content (AvgIpc) is 3.24. The monoisotopic (exact) mass is 842 g/mol. The lowest BCUT2D eigenvalue weighted by Gasteiger charge is -2.27. The maximum Gasteiger partial charge on any atom is 0.490 e. The molecule has 13 nitrogen and oxygen atoms in total. The van der Waals surface area contributed by atoms with Gasteiger partial charge in [-0.05, 0) is 145 Å². The van der Waals surface area contributed by atoms with E-state index in [-0.39, 0.29) is 0 Å². The van der Waals surface area contributed by atoms with Crippen LogP contribution in [0.15, 0.2) is 96.6 Å². The largest absolute Gasteiger partial charge is 0.490 e. The van der Waals surface area contributed by atoms with Gasteiger partial charge in [0.25, 0.3) is 0 Å². The number of rotatable bonds is 3. The van der Waals surface area contributed by atoms with E-state index in [1.54, 1.807) is 36.5 Å². The first-order chi connectivity index (χ1) is 28.1. The second kappa shape index (κ2) is 20.1. The molecule has 9 heterocycles. The zero-order valence-electron chi connectivity index (χ0n) is 33.0. The van der Waals surface area contributed by atoms with E-state index in [1.807, 2.05) is 50.0 Å². The van der Waals surface area contributed by atoms with E-state index in [0.29, 0.717) is 17.8 Å². The number of fused-ring (bicyclic) bond motifs is 3. The smallest absolute Gasteiger partial charge is 0.423 e. The fraction of sp³-hybridized carbons (Fsp3) is 0.279. The molecule has 0 spiro atoms. The molecule has 6 aromatic heterocycles. The Bertz CT molecular complexity index is 2350. The zero-order valence-corrected chi connectivity index (χ0v) is 34.6. The van der Waals surface area contributed by atoms with Crippen LogP contribution in [-0.4, -0.2) is 72.7 Å². The Labute approximate surface area is 347 Å². The van der Waals surface area contributed by atoms with Gasteiger partial charge in [-0.25, -0.2) is 19.7 Å². The fourth-order valence-electron chi connectivity index (χ4n) is 6.91. The Morgan fingerprint density at radius 3 is 1.76 bits per heavy atom. The minimum Gasteiger partial charge on any atom is -0.423 e. The summed E-state index contributed by atoms with van der Waals surface area (Å²) in [5, 5.41) is 24.0. The number of aryl methyl sites for hydroxylation is 6. The maximum absolute atomic E-state index is 11.4. The van der Waals surface area contributed by atoms with Crippen molar-refractivity contribution in [2.75, 3.05) is 35.2 Å².